The number of para-hydroxylation sites is 1. The van der Waals surface area contributed by atoms with Crippen molar-refractivity contribution in [3.63, 3.8) is 0 Å². The first-order valence-electron chi connectivity index (χ1n) is 12.0. The number of benzene rings is 2. The van der Waals surface area contributed by atoms with Crippen LogP contribution in [0.15, 0.2) is 77.7 Å². The number of carbonyl (C=O) groups is 1. The molecular formula is C28H29ClN4O2. The number of likely N-dealkylation sites (tertiary alicyclic amines) is 1. The molecule has 1 unspecified atom stereocenters. The molecule has 4 aromatic rings. The quantitative estimate of drug-likeness (QED) is 0.345. The third-order valence-electron chi connectivity index (χ3n) is 7.09. The molecule has 180 valence electrons. The minimum absolute atomic E-state index is 0.0260. The lowest BCUT2D eigenvalue weighted by molar-refractivity contribution is 0.0556. The second kappa shape index (κ2) is 10.6. The van der Waals surface area contributed by atoms with Crippen molar-refractivity contribution < 1.29 is 9.21 Å². The summed E-state index contributed by atoms with van der Waals surface area (Å²) in [5.41, 5.74) is 4.16. The number of rotatable bonds is 7. The number of hydrogen-bond donors (Lipinski definition) is 0. The number of aromatic nitrogens is 2. The van der Waals surface area contributed by atoms with E-state index in [9.17, 15) is 4.79 Å². The molecule has 1 amide bonds. The zero-order chi connectivity index (χ0) is 24.2. The van der Waals surface area contributed by atoms with Crippen LogP contribution in [-0.2, 0) is 13.0 Å². The third kappa shape index (κ3) is 5.24. The minimum Gasteiger partial charge on any atom is -0.459 e. The van der Waals surface area contributed by atoms with E-state index in [0.717, 1.165) is 54.1 Å². The molecule has 0 bridgehead atoms. The average molecular weight is 489 g/mol. The maximum absolute atomic E-state index is 13.2. The number of furan rings is 1. The van der Waals surface area contributed by atoms with Crippen LogP contribution in [0, 0.1) is 5.92 Å². The SMILES string of the molecule is CN(C(=O)c1ccco1)C(Cc1ccccc1Cl)C1CCN(Cc2cccc3nccnc23)CC1. The van der Waals surface area contributed by atoms with E-state index in [2.05, 4.69) is 27.0 Å². The second-order valence-corrected chi connectivity index (χ2v) is 9.62. The fourth-order valence-electron chi connectivity index (χ4n) is 5.15. The number of hydrogen-bond acceptors (Lipinski definition) is 5. The predicted octanol–water partition coefficient (Wildman–Crippen LogP) is 5.47. The van der Waals surface area contributed by atoms with E-state index in [1.807, 2.05) is 42.3 Å². The highest BCUT2D eigenvalue weighted by Gasteiger charge is 2.33. The van der Waals surface area contributed by atoms with Crippen LogP contribution in [0.4, 0.5) is 0 Å². The highest BCUT2D eigenvalue weighted by atomic mass is 35.5. The Hall–Kier alpha value is -3.22. The van der Waals surface area contributed by atoms with Gasteiger partial charge in [-0.15, -0.1) is 0 Å². The van der Waals surface area contributed by atoms with E-state index in [1.54, 1.807) is 30.8 Å². The number of halogens is 1. The topological polar surface area (TPSA) is 62.5 Å². The third-order valence-corrected chi connectivity index (χ3v) is 7.46. The molecule has 0 saturated carbocycles. The summed E-state index contributed by atoms with van der Waals surface area (Å²) in [6.07, 6.45) is 7.75. The molecule has 0 aliphatic carbocycles. The van der Waals surface area contributed by atoms with Gasteiger partial charge in [0.15, 0.2) is 5.76 Å². The van der Waals surface area contributed by atoms with Gasteiger partial charge in [-0.25, -0.2) is 0 Å². The van der Waals surface area contributed by atoms with Crippen molar-refractivity contribution in [1.82, 2.24) is 19.8 Å². The lowest BCUT2D eigenvalue weighted by Crippen LogP contribution is -2.47. The summed E-state index contributed by atoms with van der Waals surface area (Å²) in [4.78, 5) is 26.5. The summed E-state index contributed by atoms with van der Waals surface area (Å²) < 4.78 is 5.41. The summed E-state index contributed by atoms with van der Waals surface area (Å²) in [6.45, 7) is 2.77. The van der Waals surface area contributed by atoms with Crippen molar-refractivity contribution in [2.45, 2.75) is 31.8 Å². The summed E-state index contributed by atoms with van der Waals surface area (Å²) in [5.74, 6) is 0.633. The molecule has 2 aromatic carbocycles. The predicted molar refractivity (Wildman–Crippen MR) is 137 cm³/mol. The van der Waals surface area contributed by atoms with Gasteiger partial charge in [-0.05, 0) is 73.7 Å². The van der Waals surface area contributed by atoms with Crippen LogP contribution in [0.25, 0.3) is 11.0 Å². The van der Waals surface area contributed by atoms with Gasteiger partial charge in [0, 0.05) is 37.1 Å². The summed E-state index contributed by atoms with van der Waals surface area (Å²) in [6, 6.07) is 17.6. The van der Waals surface area contributed by atoms with Crippen molar-refractivity contribution in [2.24, 2.45) is 5.92 Å². The van der Waals surface area contributed by atoms with Crippen LogP contribution in [0.3, 0.4) is 0 Å². The minimum atomic E-state index is -0.0937. The Bertz CT molecular complexity index is 1280. The van der Waals surface area contributed by atoms with Crippen LogP contribution < -0.4 is 0 Å². The fraction of sp³-hybridized carbons (Fsp3) is 0.321. The highest BCUT2D eigenvalue weighted by Crippen LogP contribution is 2.30. The van der Waals surface area contributed by atoms with Crippen LogP contribution in [0.2, 0.25) is 5.02 Å². The number of amides is 1. The Balaban J connectivity index is 1.31. The number of piperidine rings is 1. The largest absolute Gasteiger partial charge is 0.459 e. The van der Waals surface area contributed by atoms with Gasteiger partial charge in [0.25, 0.3) is 5.91 Å². The van der Waals surface area contributed by atoms with Gasteiger partial charge in [-0.1, -0.05) is 41.9 Å². The molecule has 35 heavy (non-hydrogen) atoms. The molecule has 1 aliphatic rings. The maximum Gasteiger partial charge on any atom is 0.289 e. The fourth-order valence-corrected chi connectivity index (χ4v) is 5.36. The molecule has 7 heteroatoms. The second-order valence-electron chi connectivity index (χ2n) is 9.21. The molecule has 2 aromatic heterocycles. The lowest BCUT2D eigenvalue weighted by atomic mass is 9.84. The number of likely N-dealkylation sites (N-methyl/N-ethyl adjacent to an activating group) is 1. The Kier molecular flexibility index (Phi) is 7.11. The van der Waals surface area contributed by atoms with Crippen molar-refractivity contribution in [3.05, 3.63) is 95.2 Å². The molecule has 0 radical (unpaired) electrons. The first-order chi connectivity index (χ1) is 17.1. The molecule has 5 rings (SSSR count). The van der Waals surface area contributed by atoms with Gasteiger partial charge < -0.3 is 9.32 Å². The van der Waals surface area contributed by atoms with Crippen molar-refractivity contribution in [3.8, 4) is 0 Å². The molecule has 0 N–H and O–H groups in total. The van der Waals surface area contributed by atoms with Crippen molar-refractivity contribution in [2.75, 3.05) is 20.1 Å². The average Bonchev–Trinajstić information content (AvgIpc) is 3.43. The first kappa shape index (κ1) is 23.5. The van der Waals surface area contributed by atoms with Gasteiger partial charge in [-0.2, -0.15) is 0 Å². The zero-order valence-corrected chi connectivity index (χ0v) is 20.6. The molecular weight excluding hydrogens is 460 g/mol. The summed E-state index contributed by atoms with van der Waals surface area (Å²) in [5, 5.41) is 0.742. The number of fused-ring (bicyclic) bond motifs is 1. The van der Waals surface area contributed by atoms with E-state index in [0.29, 0.717) is 18.1 Å². The maximum atomic E-state index is 13.2. The van der Waals surface area contributed by atoms with Crippen LogP contribution >= 0.6 is 11.6 Å². The standard InChI is InChI=1S/C28H29ClN4O2/c1-32(28(34)26-10-5-17-35-26)25(18-21-6-2-3-8-23(21)29)20-11-15-33(16-12-20)19-22-7-4-9-24-27(22)31-14-13-30-24/h2-10,13-14,17,20,25H,11-12,15-16,18-19H2,1H3. The van der Waals surface area contributed by atoms with Crippen LogP contribution in [0.1, 0.15) is 34.5 Å². The molecule has 1 fully saturated rings. The van der Waals surface area contributed by atoms with Crippen molar-refractivity contribution >= 4 is 28.5 Å². The number of carbonyl (C=O) groups excluding carboxylic acids is 1. The highest BCUT2D eigenvalue weighted by molar-refractivity contribution is 6.31. The van der Waals surface area contributed by atoms with E-state index < -0.39 is 0 Å². The Morgan fingerprint density at radius 3 is 2.60 bits per heavy atom. The van der Waals surface area contributed by atoms with Gasteiger partial charge in [0.1, 0.15) is 0 Å². The molecule has 3 heterocycles. The molecule has 1 atom stereocenters. The van der Waals surface area contributed by atoms with E-state index in [-0.39, 0.29) is 11.9 Å². The van der Waals surface area contributed by atoms with E-state index in [4.69, 9.17) is 16.0 Å². The monoisotopic (exact) mass is 488 g/mol. The van der Waals surface area contributed by atoms with Crippen LogP contribution in [-0.4, -0.2) is 51.9 Å². The smallest absolute Gasteiger partial charge is 0.289 e. The van der Waals surface area contributed by atoms with E-state index >= 15 is 0 Å². The molecule has 0 spiro atoms. The van der Waals surface area contributed by atoms with E-state index in [1.165, 1.54) is 5.56 Å². The van der Waals surface area contributed by atoms with Crippen LogP contribution in [0.5, 0.6) is 0 Å². The van der Waals surface area contributed by atoms with Crippen molar-refractivity contribution in [1.29, 1.82) is 0 Å². The zero-order valence-electron chi connectivity index (χ0n) is 19.8. The number of nitrogens with zero attached hydrogens (tertiary/aromatic N) is 4. The molecule has 1 saturated heterocycles. The van der Waals surface area contributed by atoms with Gasteiger partial charge >= 0.3 is 0 Å². The van der Waals surface area contributed by atoms with Gasteiger partial charge in [-0.3, -0.25) is 19.7 Å². The van der Waals surface area contributed by atoms with Gasteiger partial charge in [0.2, 0.25) is 0 Å². The Labute approximate surface area is 210 Å². The van der Waals surface area contributed by atoms with Gasteiger partial charge in [0.05, 0.1) is 17.3 Å². The molecule has 6 nitrogen and oxygen atoms in total. The normalized spacial score (nSPS) is 15.8. The Morgan fingerprint density at radius 1 is 1.06 bits per heavy atom. The lowest BCUT2D eigenvalue weighted by Gasteiger charge is -2.40. The molecule has 1 aliphatic heterocycles. The Morgan fingerprint density at radius 2 is 1.83 bits per heavy atom. The summed E-state index contributed by atoms with van der Waals surface area (Å²) >= 11 is 6.51. The first-order valence-corrected chi connectivity index (χ1v) is 12.4. The summed E-state index contributed by atoms with van der Waals surface area (Å²) in [7, 11) is 1.88.